The van der Waals surface area contributed by atoms with E-state index in [1.54, 1.807) is 11.0 Å². The van der Waals surface area contributed by atoms with Gasteiger partial charge in [-0.25, -0.2) is 4.79 Å². The normalized spacial score (nSPS) is 25.3. The summed E-state index contributed by atoms with van der Waals surface area (Å²) < 4.78 is 44.7. The lowest BCUT2D eigenvalue weighted by Crippen LogP contribution is -2.65. The number of alkyl halides is 3. The van der Waals surface area contributed by atoms with Gasteiger partial charge in [-0.2, -0.15) is 13.2 Å². The van der Waals surface area contributed by atoms with Crippen LogP contribution in [0.1, 0.15) is 12.5 Å². The van der Waals surface area contributed by atoms with E-state index < -0.39 is 66.4 Å². The van der Waals surface area contributed by atoms with Crippen LogP contribution < -0.4 is 10.2 Å². The number of carbonyl (C=O) groups excluding carboxylic acids is 1. The molecule has 5 atom stereocenters. The van der Waals surface area contributed by atoms with Crippen molar-refractivity contribution in [2.45, 2.75) is 43.5 Å². The summed E-state index contributed by atoms with van der Waals surface area (Å²) in [5.74, 6) is -2.41. The number of aliphatic hydroxyl groups is 3. The molecule has 1 saturated heterocycles. The number of anilines is 1. The molecular formula is C22H28F3N3O7. The van der Waals surface area contributed by atoms with E-state index in [0.29, 0.717) is 31.9 Å². The standard InChI is InChI=1S/C22H28F3N3O7/c1-12(30)26-18-15(10-17(21(33)34)35-20(18)19(32)16(31)11-29)28-7-5-27(6-8-28)14-4-2-3-13(9-14)22(23,24)25/h2-4,9-10,15-16,18-20,29,31-32H,5-8,11H2,1H3,(H,26,30)(H,33,34)/t15-,16+,18+,19+,20+/m0/s1. The second kappa shape index (κ2) is 10.8. The number of carboxylic acids is 1. The molecule has 0 saturated carbocycles. The molecule has 1 aromatic rings. The number of rotatable bonds is 7. The average Bonchev–Trinajstić information content (AvgIpc) is 2.82. The molecule has 1 aromatic carbocycles. The predicted octanol–water partition coefficient (Wildman–Crippen LogP) is -0.218. The quantitative estimate of drug-likeness (QED) is 0.341. The second-order valence-electron chi connectivity index (χ2n) is 8.45. The van der Waals surface area contributed by atoms with Crippen LogP contribution in [0, 0.1) is 0 Å². The molecule has 0 radical (unpaired) electrons. The van der Waals surface area contributed by atoms with Gasteiger partial charge in [0.05, 0.1) is 24.3 Å². The summed E-state index contributed by atoms with van der Waals surface area (Å²) in [7, 11) is 0. The van der Waals surface area contributed by atoms with E-state index in [9.17, 15) is 43.2 Å². The molecule has 5 N–H and O–H groups in total. The Bertz CT molecular complexity index is 950. The maximum atomic E-state index is 13.1. The Morgan fingerprint density at radius 3 is 2.40 bits per heavy atom. The van der Waals surface area contributed by atoms with Crippen molar-refractivity contribution in [3.05, 3.63) is 41.7 Å². The molecule has 10 nitrogen and oxygen atoms in total. The minimum atomic E-state index is -4.47. The van der Waals surface area contributed by atoms with Gasteiger partial charge < -0.3 is 35.4 Å². The summed E-state index contributed by atoms with van der Waals surface area (Å²) in [6, 6.07) is 3.21. The van der Waals surface area contributed by atoms with Gasteiger partial charge in [0.2, 0.25) is 11.7 Å². The van der Waals surface area contributed by atoms with E-state index in [1.165, 1.54) is 19.1 Å². The average molecular weight is 503 g/mol. The Morgan fingerprint density at radius 2 is 1.86 bits per heavy atom. The lowest BCUT2D eigenvalue weighted by Gasteiger charge is -2.46. The van der Waals surface area contributed by atoms with Crippen molar-refractivity contribution in [1.29, 1.82) is 0 Å². The highest BCUT2D eigenvalue weighted by molar-refractivity contribution is 5.84. The van der Waals surface area contributed by atoms with Crippen LogP contribution in [0.25, 0.3) is 0 Å². The van der Waals surface area contributed by atoms with E-state index in [1.807, 2.05) is 4.90 Å². The fourth-order valence-electron chi connectivity index (χ4n) is 4.34. The first kappa shape index (κ1) is 26.7. The summed E-state index contributed by atoms with van der Waals surface area (Å²) in [4.78, 5) is 27.2. The molecule has 1 fully saturated rings. The number of hydrogen-bond donors (Lipinski definition) is 5. The smallest absolute Gasteiger partial charge is 0.416 e. The first-order chi connectivity index (χ1) is 16.4. The van der Waals surface area contributed by atoms with Gasteiger partial charge in [0, 0.05) is 38.8 Å². The van der Waals surface area contributed by atoms with Gasteiger partial charge in [0.15, 0.2) is 0 Å². The molecule has 35 heavy (non-hydrogen) atoms. The van der Waals surface area contributed by atoms with Crippen LogP contribution in [0.5, 0.6) is 0 Å². The number of halogens is 3. The summed E-state index contributed by atoms with van der Waals surface area (Å²) in [5.41, 5.74) is -0.369. The summed E-state index contributed by atoms with van der Waals surface area (Å²) in [6.45, 7) is 1.63. The third-order valence-electron chi connectivity index (χ3n) is 6.08. The van der Waals surface area contributed by atoms with Crippen LogP contribution in [-0.2, 0) is 20.5 Å². The number of carboxylic acid groups (broad SMARTS) is 1. The third kappa shape index (κ3) is 6.23. The van der Waals surface area contributed by atoms with Crippen molar-refractivity contribution in [3.63, 3.8) is 0 Å². The Kier molecular flexibility index (Phi) is 8.26. The molecule has 13 heteroatoms. The number of amides is 1. The molecule has 3 rings (SSSR count). The topological polar surface area (TPSA) is 143 Å². The Morgan fingerprint density at radius 1 is 1.20 bits per heavy atom. The molecule has 1 amide bonds. The number of nitrogens with one attached hydrogen (secondary N) is 1. The maximum absolute atomic E-state index is 13.1. The highest BCUT2D eigenvalue weighted by Crippen LogP contribution is 2.32. The van der Waals surface area contributed by atoms with E-state index >= 15 is 0 Å². The minimum Gasteiger partial charge on any atom is -0.478 e. The monoisotopic (exact) mass is 503 g/mol. The van der Waals surface area contributed by atoms with Gasteiger partial charge in [-0.1, -0.05) is 6.07 Å². The lowest BCUT2D eigenvalue weighted by molar-refractivity contribution is -0.148. The predicted molar refractivity (Wildman–Crippen MR) is 116 cm³/mol. The van der Waals surface area contributed by atoms with Crippen LogP contribution in [-0.4, -0.2) is 100 Å². The van der Waals surface area contributed by atoms with Gasteiger partial charge in [-0.3, -0.25) is 9.69 Å². The van der Waals surface area contributed by atoms with Gasteiger partial charge in [-0.15, -0.1) is 0 Å². The molecule has 0 spiro atoms. The Labute approximate surface area is 199 Å². The molecule has 2 heterocycles. The third-order valence-corrected chi connectivity index (χ3v) is 6.08. The van der Waals surface area contributed by atoms with E-state index in [4.69, 9.17) is 4.74 Å². The molecule has 2 aliphatic heterocycles. The number of aliphatic carboxylic acids is 1. The van der Waals surface area contributed by atoms with Crippen LogP contribution in [0.3, 0.4) is 0 Å². The van der Waals surface area contributed by atoms with Gasteiger partial charge in [0.25, 0.3) is 0 Å². The van der Waals surface area contributed by atoms with Crippen LogP contribution in [0.15, 0.2) is 36.1 Å². The SMILES string of the molecule is CC(=O)N[C@H]1[C@H]([C@H](O)[C@H](O)CO)OC(C(=O)O)=C[C@@H]1N1CCN(c2cccc(C(F)(F)F)c2)CC1. The van der Waals surface area contributed by atoms with Crippen molar-refractivity contribution >= 4 is 17.6 Å². The zero-order valence-electron chi connectivity index (χ0n) is 18.9. The summed E-state index contributed by atoms with van der Waals surface area (Å²) in [6.07, 6.45) is -7.93. The summed E-state index contributed by atoms with van der Waals surface area (Å²) >= 11 is 0. The van der Waals surface area contributed by atoms with Gasteiger partial charge in [-0.05, 0) is 24.3 Å². The van der Waals surface area contributed by atoms with Crippen LogP contribution in [0.2, 0.25) is 0 Å². The molecule has 0 aliphatic carbocycles. The van der Waals surface area contributed by atoms with Crippen molar-refractivity contribution in [1.82, 2.24) is 10.2 Å². The Hall–Kier alpha value is -2.87. The zero-order valence-corrected chi connectivity index (χ0v) is 18.9. The molecule has 2 aliphatic rings. The zero-order chi connectivity index (χ0) is 25.9. The molecular weight excluding hydrogens is 475 g/mol. The summed E-state index contributed by atoms with van der Waals surface area (Å²) in [5, 5.41) is 41.8. The number of benzene rings is 1. The van der Waals surface area contributed by atoms with Crippen molar-refractivity contribution < 1.29 is 47.9 Å². The number of ether oxygens (including phenoxy) is 1. The number of carbonyl (C=O) groups is 2. The first-order valence-corrected chi connectivity index (χ1v) is 10.9. The van der Waals surface area contributed by atoms with Crippen molar-refractivity contribution in [2.24, 2.45) is 0 Å². The minimum absolute atomic E-state index is 0.297. The molecule has 0 aromatic heterocycles. The van der Waals surface area contributed by atoms with Crippen molar-refractivity contribution in [3.8, 4) is 0 Å². The van der Waals surface area contributed by atoms with E-state index in [2.05, 4.69) is 5.32 Å². The fraction of sp³-hybridized carbons (Fsp3) is 0.545. The van der Waals surface area contributed by atoms with E-state index in [0.717, 1.165) is 12.1 Å². The highest BCUT2D eigenvalue weighted by atomic mass is 19.4. The fourth-order valence-corrected chi connectivity index (χ4v) is 4.34. The van der Waals surface area contributed by atoms with Crippen LogP contribution in [0.4, 0.5) is 18.9 Å². The highest BCUT2D eigenvalue weighted by Gasteiger charge is 2.45. The Balaban J connectivity index is 1.84. The number of piperazine rings is 1. The second-order valence-corrected chi connectivity index (χ2v) is 8.45. The van der Waals surface area contributed by atoms with Crippen LogP contribution >= 0.6 is 0 Å². The van der Waals surface area contributed by atoms with E-state index in [-0.39, 0.29) is 0 Å². The molecule has 194 valence electrons. The lowest BCUT2D eigenvalue weighted by atomic mass is 9.90. The first-order valence-electron chi connectivity index (χ1n) is 10.9. The number of aliphatic hydroxyl groups excluding tert-OH is 3. The largest absolute Gasteiger partial charge is 0.478 e. The van der Waals surface area contributed by atoms with Gasteiger partial charge in [0.1, 0.15) is 18.3 Å². The molecule has 0 unspecified atom stereocenters. The maximum Gasteiger partial charge on any atom is 0.416 e. The number of hydrogen-bond acceptors (Lipinski definition) is 8. The molecule has 0 bridgehead atoms. The van der Waals surface area contributed by atoms with Gasteiger partial charge >= 0.3 is 12.1 Å². The van der Waals surface area contributed by atoms with Crippen molar-refractivity contribution in [2.75, 3.05) is 37.7 Å². The number of nitrogens with zero attached hydrogens (tertiary/aromatic N) is 2.